The van der Waals surface area contributed by atoms with Crippen molar-refractivity contribution in [2.75, 3.05) is 46.2 Å². The van der Waals surface area contributed by atoms with Crippen molar-refractivity contribution in [1.82, 2.24) is 9.80 Å². The van der Waals surface area contributed by atoms with Gasteiger partial charge in [0.1, 0.15) is 0 Å². The molecule has 0 aromatic rings. The fraction of sp³-hybridized carbons (Fsp3) is 0.933. The lowest BCUT2D eigenvalue weighted by molar-refractivity contribution is -0.485. The summed E-state index contributed by atoms with van der Waals surface area (Å²) in [4.78, 5) is 14.9. The molecule has 23 heavy (non-hydrogen) atoms. The largest absolute Gasteiger partial charge is 0.381 e. The molecule has 0 amide bonds. The number of thioether (sulfide) groups is 1. The molecule has 3 atom stereocenters. The van der Waals surface area contributed by atoms with Crippen molar-refractivity contribution < 1.29 is 9.77 Å². The predicted octanol–water partition coefficient (Wildman–Crippen LogP) is 2.21. The zero-order chi connectivity index (χ0) is 17.4. The molecule has 0 N–H and O–H groups in total. The van der Waals surface area contributed by atoms with Gasteiger partial charge in [0.15, 0.2) is 5.03 Å². The molecule has 1 fully saturated rings. The molecule has 1 rings (SSSR count). The summed E-state index contributed by atoms with van der Waals surface area (Å²) >= 11 is 1.30. The van der Waals surface area contributed by atoms with Crippen LogP contribution < -0.4 is 0 Å². The minimum atomic E-state index is -0.633. The SMILES string of the molecule is CCN(CC1COCC1C)C(C)CCN(C)C(=N[N+](=O)[O-])SC. The van der Waals surface area contributed by atoms with E-state index in [-0.39, 0.29) is 0 Å². The van der Waals surface area contributed by atoms with Gasteiger partial charge in [0.25, 0.3) is 0 Å². The van der Waals surface area contributed by atoms with Gasteiger partial charge in [-0.2, -0.15) is 0 Å². The molecule has 8 heteroatoms. The standard InChI is InChI=1S/C15H30N4O3S/c1-6-18(9-14-11-22-10-12(14)2)13(3)7-8-17(4)15(23-5)16-19(20)21/h12-14H,6-11H2,1-5H3. The molecular weight excluding hydrogens is 316 g/mol. The molecule has 0 saturated carbocycles. The van der Waals surface area contributed by atoms with E-state index in [0.29, 0.717) is 23.0 Å². The summed E-state index contributed by atoms with van der Waals surface area (Å²) < 4.78 is 5.56. The number of hydrogen-bond acceptors (Lipinski definition) is 5. The summed E-state index contributed by atoms with van der Waals surface area (Å²) in [5.74, 6) is 1.22. The molecule has 0 radical (unpaired) electrons. The van der Waals surface area contributed by atoms with E-state index in [9.17, 15) is 10.1 Å². The highest BCUT2D eigenvalue weighted by molar-refractivity contribution is 8.13. The summed E-state index contributed by atoms with van der Waals surface area (Å²) in [6.45, 7) is 11.2. The first kappa shape index (κ1) is 20.2. The number of amidine groups is 1. The summed E-state index contributed by atoms with van der Waals surface area (Å²) in [7, 11) is 1.86. The second kappa shape index (κ2) is 10.1. The quantitative estimate of drug-likeness (QED) is 0.290. The van der Waals surface area contributed by atoms with Crippen molar-refractivity contribution in [3.63, 3.8) is 0 Å². The molecule has 0 aromatic heterocycles. The highest BCUT2D eigenvalue weighted by Crippen LogP contribution is 2.22. The van der Waals surface area contributed by atoms with E-state index in [1.165, 1.54) is 11.8 Å². The molecule has 7 nitrogen and oxygen atoms in total. The van der Waals surface area contributed by atoms with E-state index in [1.54, 1.807) is 0 Å². The first-order valence-corrected chi connectivity index (χ1v) is 9.41. The van der Waals surface area contributed by atoms with E-state index in [2.05, 4.69) is 30.8 Å². The van der Waals surface area contributed by atoms with Gasteiger partial charge >= 0.3 is 0 Å². The Morgan fingerprint density at radius 3 is 2.70 bits per heavy atom. The normalized spacial score (nSPS) is 23.3. The average molecular weight is 346 g/mol. The Morgan fingerprint density at radius 1 is 1.52 bits per heavy atom. The molecule has 0 bridgehead atoms. The lowest BCUT2D eigenvalue weighted by Gasteiger charge is -2.32. The van der Waals surface area contributed by atoms with Crippen LogP contribution in [-0.4, -0.2) is 72.2 Å². The summed E-state index contributed by atoms with van der Waals surface area (Å²) in [5.41, 5.74) is 0. The molecule has 1 aliphatic heterocycles. The highest BCUT2D eigenvalue weighted by Gasteiger charge is 2.27. The van der Waals surface area contributed by atoms with Gasteiger partial charge in [0, 0.05) is 32.8 Å². The fourth-order valence-corrected chi connectivity index (χ4v) is 3.41. The van der Waals surface area contributed by atoms with Crippen LogP contribution in [0.15, 0.2) is 5.10 Å². The van der Waals surface area contributed by atoms with Gasteiger partial charge in [-0.05, 0) is 38.0 Å². The van der Waals surface area contributed by atoms with Gasteiger partial charge in [-0.25, -0.2) is 10.1 Å². The smallest absolute Gasteiger partial charge is 0.237 e. The third-order valence-corrected chi connectivity index (χ3v) is 5.33. The van der Waals surface area contributed by atoms with E-state index in [1.807, 2.05) is 18.2 Å². The maximum absolute atomic E-state index is 10.5. The Hall–Kier alpha value is -0.860. The van der Waals surface area contributed by atoms with Gasteiger partial charge < -0.3 is 14.5 Å². The van der Waals surface area contributed by atoms with Crippen LogP contribution >= 0.6 is 11.8 Å². The first-order chi connectivity index (χ1) is 10.9. The molecule has 1 saturated heterocycles. The van der Waals surface area contributed by atoms with Crippen LogP contribution in [-0.2, 0) is 4.74 Å². The Morgan fingerprint density at radius 2 is 2.22 bits per heavy atom. The molecule has 1 aliphatic rings. The molecule has 1 heterocycles. The Labute approximate surface area is 143 Å². The van der Waals surface area contributed by atoms with Crippen LogP contribution in [0.2, 0.25) is 0 Å². The number of nitrogens with zero attached hydrogens (tertiary/aromatic N) is 4. The molecule has 0 aromatic carbocycles. The van der Waals surface area contributed by atoms with Gasteiger partial charge in [0.2, 0.25) is 5.17 Å². The number of ether oxygens (including phenoxy) is 1. The van der Waals surface area contributed by atoms with Crippen molar-refractivity contribution >= 4 is 16.9 Å². The zero-order valence-corrected chi connectivity index (χ0v) is 15.7. The molecule has 0 spiro atoms. The summed E-state index contributed by atoms with van der Waals surface area (Å²) in [6.07, 6.45) is 2.76. The number of hydrazone groups is 1. The van der Waals surface area contributed by atoms with E-state index in [4.69, 9.17) is 4.74 Å². The number of hydrogen-bond donors (Lipinski definition) is 0. The van der Waals surface area contributed by atoms with Crippen LogP contribution in [0, 0.1) is 22.0 Å². The van der Waals surface area contributed by atoms with Crippen molar-refractivity contribution in [2.24, 2.45) is 16.9 Å². The van der Waals surface area contributed by atoms with E-state index < -0.39 is 5.03 Å². The topological polar surface area (TPSA) is 71.2 Å². The van der Waals surface area contributed by atoms with Gasteiger partial charge in [0.05, 0.1) is 11.7 Å². The lowest BCUT2D eigenvalue weighted by atomic mass is 9.97. The molecule has 3 unspecified atom stereocenters. The fourth-order valence-electron chi connectivity index (χ4n) is 2.86. The minimum Gasteiger partial charge on any atom is -0.381 e. The van der Waals surface area contributed by atoms with Crippen LogP contribution in [0.25, 0.3) is 0 Å². The highest BCUT2D eigenvalue weighted by atomic mass is 32.2. The van der Waals surface area contributed by atoms with Crippen LogP contribution in [0.4, 0.5) is 0 Å². The van der Waals surface area contributed by atoms with Crippen molar-refractivity contribution in [2.45, 2.75) is 33.2 Å². The molecule has 134 valence electrons. The van der Waals surface area contributed by atoms with Gasteiger partial charge in [-0.1, -0.05) is 25.6 Å². The Balaban J connectivity index is 2.49. The zero-order valence-electron chi connectivity index (χ0n) is 14.9. The first-order valence-electron chi connectivity index (χ1n) is 8.18. The number of nitro groups is 1. The Bertz CT molecular complexity index is 408. The van der Waals surface area contributed by atoms with Gasteiger partial charge in [-0.3, -0.25) is 0 Å². The second-order valence-corrected chi connectivity index (χ2v) is 7.02. The maximum atomic E-state index is 10.5. The third kappa shape index (κ3) is 6.64. The van der Waals surface area contributed by atoms with Crippen molar-refractivity contribution in [3.8, 4) is 0 Å². The second-order valence-electron chi connectivity index (χ2n) is 6.25. The maximum Gasteiger partial charge on any atom is 0.237 e. The minimum absolute atomic E-state index is 0.425. The van der Waals surface area contributed by atoms with Crippen LogP contribution in [0.5, 0.6) is 0 Å². The van der Waals surface area contributed by atoms with E-state index >= 15 is 0 Å². The van der Waals surface area contributed by atoms with Crippen LogP contribution in [0.1, 0.15) is 27.2 Å². The predicted molar refractivity (Wildman–Crippen MR) is 95.4 cm³/mol. The van der Waals surface area contributed by atoms with E-state index in [0.717, 1.165) is 39.3 Å². The van der Waals surface area contributed by atoms with Gasteiger partial charge in [-0.15, -0.1) is 0 Å². The lowest BCUT2D eigenvalue weighted by Crippen LogP contribution is -2.40. The average Bonchev–Trinajstić information content (AvgIpc) is 2.92. The van der Waals surface area contributed by atoms with Crippen molar-refractivity contribution in [3.05, 3.63) is 10.1 Å². The Kier molecular flexibility index (Phi) is 8.86. The molecular formula is C15H30N4O3S. The van der Waals surface area contributed by atoms with Crippen molar-refractivity contribution in [1.29, 1.82) is 0 Å². The third-order valence-electron chi connectivity index (χ3n) is 4.57. The monoisotopic (exact) mass is 346 g/mol. The van der Waals surface area contributed by atoms with Crippen LogP contribution in [0.3, 0.4) is 0 Å². The summed E-state index contributed by atoms with van der Waals surface area (Å²) in [5, 5.41) is 13.8. The molecule has 0 aliphatic carbocycles. The number of rotatable bonds is 8. The summed E-state index contributed by atoms with van der Waals surface area (Å²) in [6, 6.07) is 0.425.